The summed E-state index contributed by atoms with van der Waals surface area (Å²) in [6.07, 6.45) is 0. The molecule has 0 heterocycles. The van der Waals surface area contributed by atoms with Crippen molar-refractivity contribution in [3.8, 4) is 0 Å². The number of halogens is 1. The zero-order chi connectivity index (χ0) is 9.84. The fourth-order valence-corrected chi connectivity index (χ4v) is 1.46. The summed E-state index contributed by atoms with van der Waals surface area (Å²) >= 11 is -2.06. The predicted molar refractivity (Wildman–Crippen MR) is 46.8 cm³/mol. The Kier molecular flexibility index (Phi) is 3.53. The highest BCUT2D eigenvalue weighted by Gasteiger charge is 2.05. The van der Waals surface area contributed by atoms with E-state index in [0.29, 0.717) is 5.56 Å². The van der Waals surface area contributed by atoms with E-state index in [1.165, 1.54) is 18.2 Å². The Bertz CT molecular complexity index is 327. The van der Waals surface area contributed by atoms with E-state index >= 15 is 0 Å². The van der Waals surface area contributed by atoms with Gasteiger partial charge in [0, 0.05) is 5.56 Å². The largest absolute Gasteiger partial charge is 0.392 e. The smallest absolute Gasteiger partial charge is 0.157 e. The molecule has 1 unspecified atom stereocenters. The molecule has 0 aliphatic rings. The lowest BCUT2D eigenvalue weighted by Crippen LogP contribution is -1.98. The number of hydrogen-bond acceptors (Lipinski definition) is 2. The van der Waals surface area contributed by atoms with E-state index < -0.39 is 16.9 Å². The summed E-state index contributed by atoms with van der Waals surface area (Å²) in [5.41, 5.74) is 0.675. The highest BCUT2D eigenvalue weighted by molar-refractivity contribution is 7.78. The summed E-state index contributed by atoms with van der Waals surface area (Å²) in [5, 5.41) is 8.73. The van der Waals surface area contributed by atoms with Crippen LogP contribution in [0.2, 0.25) is 0 Å². The molecule has 0 aliphatic heterocycles. The van der Waals surface area contributed by atoms with Crippen LogP contribution < -0.4 is 0 Å². The average Bonchev–Trinajstić information content (AvgIpc) is 2.08. The first kappa shape index (κ1) is 10.3. The molecule has 0 saturated carbocycles. The Hall–Kier alpha value is -0.780. The van der Waals surface area contributed by atoms with Crippen molar-refractivity contribution in [2.45, 2.75) is 12.4 Å². The van der Waals surface area contributed by atoms with Gasteiger partial charge in [0.2, 0.25) is 0 Å². The second kappa shape index (κ2) is 4.45. The minimum atomic E-state index is -2.06. The Morgan fingerprint density at radius 2 is 2.15 bits per heavy atom. The Balaban J connectivity index is 2.96. The van der Waals surface area contributed by atoms with Crippen molar-refractivity contribution in [1.82, 2.24) is 0 Å². The van der Waals surface area contributed by atoms with Crippen LogP contribution in [0.3, 0.4) is 0 Å². The molecular weight excluding hydrogens is 195 g/mol. The molecule has 0 aromatic heterocycles. The Morgan fingerprint density at radius 1 is 1.46 bits per heavy atom. The van der Waals surface area contributed by atoms with Crippen molar-refractivity contribution in [3.05, 3.63) is 35.1 Å². The topological polar surface area (TPSA) is 57.5 Å². The van der Waals surface area contributed by atoms with Gasteiger partial charge in [-0.1, -0.05) is 6.07 Å². The van der Waals surface area contributed by atoms with Crippen LogP contribution in [0.15, 0.2) is 18.2 Å². The van der Waals surface area contributed by atoms with Gasteiger partial charge in [-0.05, 0) is 17.7 Å². The number of rotatable bonds is 3. The summed E-state index contributed by atoms with van der Waals surface area (Å²) in [6, 6.07) is 3.98. The maximum absolute atomic E-state index is 12.9. The molecule has 3 nitrogen and oxygen atoms in total. The molecule has 0 aliphatic carbocycles. The van der Waals surface area contributed by atoms with Crippen molar-refractivity contribution in [2.24, 2.45) is 0 Å². The van der Waals surface area contributed by atoms with Crippen molar-refractivity contribution in [2.75, 3.05) is 0 Å². The first-order valence-electron chi connectivity index (χ1n) is 3.59. The van der Waals surface area contributed by atoms with Crippen molar-refractivity contribution in [3.63, 3.8) is 0 Å². The van der Waals surface area contributed by atoms with Crippen LogP contribution in [0.4, 0.5) is 4.39 Å². The van der Waals surface area contributed by atoms with Crippen molar-refractivity contribution in [1.29, 1.82) is 0 Å². The number of aliphatic hydroxyl groups is 1. The van der Waals surface area contributed by atoms with Gasteiger partial charge in [-0.3, -0.25) is 0 Å². The maximum Gasteiger partial charge on any atom is 0.157 e. The molecular formula is C8H9FO3S. The molecule has 0 radical (unpaired) electrons. The van der Waals surface area contributed by atoms with Gasteiger partial charge >= 0.3 is 0 Å². The third-order valence-corrected chi connectivity index (χ3v) is 2.13. The first-order chi connectivity index (χ1) is 6.13. The predicted octanol–water partition coefficient (Wildman–Crippen LogP) is 1.04. The molecule has 1 rings (SSSR count). The minimum Gasteiger partial charge on any atom is -0.392 e. The molecule has 1 aromatic rings. The molecule has 2 N–H and O–H groups in total. The van der Waals surface area contributed by atoms with Crippen molar-refractivity contribution < 1.29 is 18.3 Å². The van der Waals surface area contributed by atoms with E-state index in [-0.39, 0.29) is 17.9 Å². The van der Waals surface area contributed by atoms with Gasteiger partial charge in [-0.25, -0.2) is 8.60 Å². The van der Waals surface area contributed by atoms with E-state index in [1.807, 2.05) is 0 Å². The standard InChI is InChI=1S/C8H9FO3S/c9-8-2-1-6(4-10)3-7(8)5-13(11)12/h1-3,10H,4-5H2,(H,11,12). The van der Waals surface area contributed by atoms with Crippen LogP contribution >= 0.6 is 0 Å². The van der Waals surface area contributed by atoms with E-state index in [4.69, 9.17) is 9.66 Å². The maximum atomic E-state index is 12.9. The molecule has 1 atom stereocenters. The molecule has 5 heteroatoms. The highest BCUT2D eigenvalue weighted by atomic mass is 32.2. The molecule has 13 heavy (non-hydrogen) atoms. The molecule has 1 aromatic carbocycles. The SMILES string of the molecule is O=S(O)Cc1cc(CO)ccc1F. The van der Waals surface area contributed by atoms with Gasteiger partial charge in [-0.2, -0.15) is 0 Å². The van der Waals surface area contributed by atoms with Crippen LogP contribution in [0, 0.1) is 5.82 Å². The van der Waals surface area contributed by atoms with Gasteiger partial charge in [0.25, 0.3) is 0 Å². The molecule has 0 bridgehead atoms. The van der Waals surface area contributed by atoms with E-state index in [1.54, 1.807) is 0 Å². The van der Waals surface area contributed by atoms with Crippen LogP contribution in [-0.2, 0) is 23.4 Å². The first-order valence-corrected chi connectivity index (χ1v) is 4.86. The molecule has 0 spiro atoms. The Morgan fingerprint density at radius 3 is 2.69 bits per heavy atom. The summed E-state index contributed by atoms with van der Waals surface area (Å²) in [4.78, 5) is 0. The fraction of sp³-hybridized carbons (Fsp3) is 0.250. The summed E-state index contributed by atoms with van der Waals surface area (Å²) < 4.78 is 31.9. The van der Waals surface area contributed by atoms with Gasteiger partial charge < -0.3 is 9.66 Å². The number of benzene rings is 1. The van der Waals surface area contributed by atoms with Crippen LogP contribution in [0.25, 0.3) is 0 Å². The monoisotopic (exact) mass is 204 g/mol. The van der Waals surface area contributed by atoms with Gasteiger partial charge in [-0.15, -0.1) is 0 Å². The second-order valence-electron chi connectivity index (χ2n) is 2.55. The number of aliphatic hydroxyl groups excluding tert-OH is 1. The van der Waals surface area contributed by atoms with Crippen LogP contribution in [0.5, 0.6) is 0 Å². The van der Waals surface area contributed by atoms with Crippen molar-refractivity contribution >= 4 is 11.1 Å². The Labute approximate surface area is 77.5 Å². The number of hydrogen-bond donors (Lipinski definition) is 2. The second-order valence-corrected chi connectivity index (χ2v) is 3.48. The normalized spacial score (nSPS) is 12.8. The summed E-state index contributed by atoms with van der Waals surface area (Å²) in [5.74, 6) is -0.778. The van der Waals surface area contributed by atoms with E-state index in [0.717, 1.165) is 0 Å². The summed E-state index contributed by atoms with van der Waals surface area (Å²) in [7, 11) is 0. The van der Waals surface area contributed by atoms with E-state index in [2.05, 4.69) is 0 Å². The van der Waals surface area contributed by atoms with Gasteiger partial charge in [0.15, 0.2) is 11.1 Å². The third kappa shape index (κ3) is 2.87. The highest BCUT2D eigenvalue weighted by Crippen LogP contribution is 2.12. The fourth-order valence-electron chi connectivity index (χ4n) is 0.970. The lowest BCUT2D eigenvalue weighted by atomic mass is 10.1. The quantitative estimate of drug-likeness (QED) is 0.723. The molecule has 72 valence electrons. The van der Waals surface area contributed by atoms with Gasteiger partial charge in [0.05, 0.1) is 12.4 Å². The van der Waals surface area contributed by atoms with Crippen LogP contribution in [-0.4, -0.2) is 13.9 Å². The molecule has 0 saturated heterocycles. The minimum absolute atomic E-state index is 0.146. The van der Waals surface area contributed by atoms with E-state index in [9.17, 15) is 8.60 Å². The average molecular weight is 204 g/mol. The summed E-state index contributed by atoms with van der Waals surface area (Å²) in [6.45, 7) is -0.203. The lowest BCUT2D eigenvalue weighted by molar-refractivity contribution is 0.281. The zero-order valence-corrected chi connectivity index (χ0v) is 7.55. The zero-order valence-electron chi connectivity index (χ0n) is 6.74. The molecule has 0 fully saturated rings. The third-order valence-electron chi connectivity index (χ3n) is 1.57. The van der Waals surface area contributed by atoms with Crippen LogP contribution in [0.1, 0.15) is 11.1 Å². The van der Waals surface area contributed by atoms with Gasteiger partial charge in [0.1, 0.15) is 5.82 Å². The lowest BCUT2D eigenvalue weighted by Gasteiger charge is -2.02. The molecule has 0 amide bonds.